The summed E-state index contributed by atoms with van der Waals surface area (Å²) in [5.74, 6) is -3.74. The number of rotatable bonds is 18. The van der Waals surface area contributed by atoms with Crippen molar-refractivity contribution in [1.29, 1.82) is 0 Å². The van der Waals surface area contributed by atoms with Crippen LogP contribution in [0.2, 0.25) is 5.02 Å². The van der Waals surface area contributed by atoms with Crippen LogP contribution in [0.3, 0.4) is 0 Å². The molecule has 0 radical (unpaired) electrons. The molecule has 0 bridgehead atoms. The minimum absolute atomic E-state index is 0.0581. The fraction of sp³-hybridized carbons (Fsp3) is 0.514. The highest BCUT2D eigenvalue weighted by atomic mass is 35.5. The van der Waals surface area contributed by atoms with Crippen LogP contribution in [-0.4, -0.2) is 92.3 Å². The number of halogens is 1. The summed E-state index contributed by atoms with van der Waals surface area (Å²) >= 11 is 5.94. The standard InChI is InChI=1S/C35H50ClN5O10S/c1-22(50-34(2,3)4)30(31(44)38-20-28(42)40-27(32(45)46)10-8-9-19-37-33(47)51-35(5,6)7)41-29(43)21-39-52(48,49)26-17-13-24(14-18-26)23-11-15-25(36)16-12-23/h11-18,22,27,30,39H,8-10,19-21H2,1-7H3,(H,37,47)(H,38,44)(H,40,42)(H,41,43)(H,45,46). The number of ether oxygens (including phenoxy) is 2. The maximum atomic E-state index is 13.2. The Labute approximate surface area is 310 Å². The van der Waals surface area contributed by atoms with E-state index in [4.69, 9.17) is 21.1 Å². The highest BCUT2D eigenvalue weighted by molar-refractivity contribution is 7.89. The number of unbranched alkanes of at least 4 members (excludes halogenated alkanes) is 1. The Kier molecular flexibility index (Phi) is 16.5. The maximum absolute atomic E-state index is 13.2. The van der Waals surface area contributed by atoms with Crippen molar-refractivity contribution < 1.29 is 47.0 Å². The van der Waals surface area contributed by atoms with E-state index in [1.165, 1.54) is 19.1 Å². The second kappa shape index (κ2) is 19.5. The normalized spacial score (nSPS) is 13.6. The average molecular weight is 768 g/mol. The molecule has 0 aliphatic rings. The molecule has 2 aromatic rings. The summed E-state index contributed by atoms with van der Waals surface area (Å²) < 4.78 is 39.1. The van der Waals surface area contributed by atoms with E-state index in [0.717, 1.165) is 11.1 Å². The number of aliphatic carboxylic acids is 1. The number of carbonyl (C=O) groups is 5. The Balaban J connectivity index is 1.96. The van der Waals surface area contributed by atoms with E-state index in [2.05, 4.69) is 26.0 Å². The molecule has 6 N–H and O–H groups in total. The van der Waals surface area contributed by atoms with Crippen molar-refractivity contribution in [1.82, 2.24) is 26.0 Å². The van der Waals surface area contributed by atoms with E-state index >= 15 is 0 Å². The molecular weight excluding hydrogens is 718 g/mol. The smallest absolute Gasteiger partial charge is 0.407 e. The van der Waals surface area contributed by atoms with Gasteiger partial charge in [-0.3, -0.25) is 14.4 Å². The molecule has 3 atom stereocenters. The van der Waals surface area contributed by atoms with Gasteiger partial charge in [0.1, 0.15) is 17.7 Å². The molecule has 288 valence electrons. The lowest BCUT2D eigenvalue weighted by Crippen LogP contribution is -2.57. The second-order valence-corrected chi connectivity index (χ2v) is 16.1. The first-order valence-electron chi connectivity index (χ1n) is 16.7. The number of amides is 4. The predicted molar refractivity (Wildman–Crippen MR) is 195 cm³/mol. The van der Waals surface area contributed by atoms with Gasteiger partial charge in [-0.2, -0.15) is 0 Å². The Morgan fingerprint density at radius 1 is 0.788 bits per heavy atom. The SMILES string of the molecule is CC(OC(C)(C)C)C(NC(=O)CNS(=O)(=O)c1ccc(-c2ccc(Cl)cc2)cc1)C(=O)NCC(=O)NC(CCCCNC(=O)OC(C)(C)C)C(=O)O. The average Bonchev–Trinajstić information content (AvgIpc) is 3.03. The third kappa shape index (κ3) is 16.4. The van der Waals surface area contributed by atoms with E-state index in [9.17, 15) is 37.5 Å². The summed E-state index contributed by atoms with van der Waals surface area (Å²) in [6.07, 6.45) is -0.683. The second-order valence-electron chi connectivity index (χ2n) is 13.9. The van der Waals surface area contributed by atoms with E-state index in [1.807, 2.05) is 0 Å². The number of benzene rings is 2. The van der Waals surface area contributed by atoms with Gasteiger partial charge in [-0.25, -0.2) is 22.7 Å². The number of nitrogens with one attached hydrogen (secondary N) is 5. The fourth-order valence-corrected chi connectivity index (χ4v) is 5.83. The summed E-state index contributed by atoms with van der Waals surface area (Å²) in [4.78, 5) is 62.2. The highest BCUT2D eigenvalue weighted by Gasteiger charge is 2.31. The van der Waals surface area contributed by atoms with E-state index < -0.39 is 82.3 Å². The lowest BCUT2D eigenvalue weighted by atomic mass is 10.1. The van der Waals surface area contributed by atoms with Gasteiger partial charge in [-0.15, -0.1) is 0 Å². The molecule has 0 saturated heterocycles. The van der Waals surface area contributed by atoms with Crippen LogP contribution in [0.25, 0.3) is 11.1 Å². The summed E-state index contributed by atoms with van der Waals surface area (Å²) in [5, 5.41) is 19.9. The molecule has 0 fully saturated rings. The monoisotopic (exact) mass is 767 g/mol. The lowest BCUT2D eigenvalue weighted by molar-refractivity contribution is -0.142. The van der Waals surface area contributed by atoms with Crippen molar-refractivity contribution in [3.63, 3.8) is 0 Å². The minimum Gasteiger partial charge on any atom is -0.480 e. The van der Waals surface area contributed by atoms with Crippen molar-refractivity contribution in [3.8, 4) is 11.1 Å². The highest BCUT2D eigenvalue weighted by Crippen LogP contribution is 2.23. The van der Waals surface area contributed by atoms with Crippen molar-refractivity contribution in [2.24, 2.45) is 0 Å². The van der Waals surface area contributed by atoms with Gasteiger partial charge in [0.05, 0.1) is 29.7 Å². The van der Waals surface area contributed by atoms with Crippen molar-refractivity contribution in [2.75, 3.05) is 19.6 Å². The number of hydrogen-bond acceptors (Lipinski definition) is 9. The molecule has 52 heavy (non-hydrogen) atoms. The Hall–Kier alpha value is -4.25. The van der Waals surface area contributed by atoms with Gasteiger partial charge < -0.3 is 35.8 Å². The molecule has 0 heterocycles. The Morgan fingerprint density at radius 3 is 1.88 bits per heavy atom. The number of alkyl carbamates (subject to hydrolysis) is 1. The number of carboxylic acid groups (broad SMARTS) is 1. The van der Waals surface area contributed by atoms with Crippen molar-refractivity contribution in [3.05, 3.63) is 53.6 Å². The maximum Gasteiger partial charge on any atom is 0.407 e. The predicted octanol–water partition coefficient (Wildman–Crippen LogP) is 3.35. The molecule has 4 amide bonds. The number of carbonyl (C=O) groups excluding carboxylic acids is 4. The van der Waals surface area contributed by atoms with Crippen LogP contribution < -0.4 is 26.0 Å². The molecule has 0 aliphatic heterocycles. The molecule has 0 aliphatic carbocycles. The van der Waals surface area contributed by atoms with Gasteiger partial charge in [0.25, 0.3) is 0 Å². The Bertz CT molecular complexity index is 1640. The molecule has 3 unspecified atom stereocenters. The van der Waals surface area contributed by atoms with E-state index in [0.29, 0.717) is 17.9 Å². The molecule has 2 rings (SSSR count). The summed E-state index contributed by atoms with van der Waals surface area (Å²) in [7, 11) is -4.12. The topological polar surface area (TPSA) is 218 Å². The van der Waals surface area contributed by atoms with Crippen LogP contribution >= 0.6 is 11.6 Å². The summed E-state index contributed by atoms with van der Waals surface area (Å²) in [5.41, 5.74) is 0.191. The van der Waals surface area contributed by atoms with Crippen LogP contribution in [0.1, 0.15) is 67.7 Å². The van der Waals surface area contributed by atoms with Crippen LogP contribution in [0.5, 0.6) is 0 Å². The van der Waals surface area contributed by atoms with Gasteiger partial charge in [0, 0.05) is 11.6 Å². The van der Waals surface area contributed by atoms with Crippen LogP contribution in [0, 0.1) is 0 Å². The first-order chi connectivity index (χ1) is 24.1. The molecule has 0 aromatic heterocycles. The van der Waals surface area contributed by atoms with Gasteiger partial charge >= 0.3 is 12.1 Å². The summed E-state index contributed by atoms with van der Waals surface area (Å²) in [6.45, 7) is 10.8. The van der Waals surface area contributed by atoms with Crippen LogP contribution in [-0.2, 0) is 38.7 Å². The number of hydrogen-bond donors (Lipinski definition) is 6. The quantitative estimate of drug-likeness (QED) is 0.122. The minimum atomic E-state index is -4.12. The zero-order chi connectivity index (χ0) is 39.3. The van der Waals surface area contributed by atoms with Crippen molar-refractivity contribution >= 4 is 51.4 Å². The molecule has 17 heteroatoms. The van der Waals surface area contributed by atoms with E-state index in [1.54, 1.807) is 77.9 Å². The fourth-order valence-electron chi connectivity index (χ4n) is 4.72. The van der Waals surface area contributed by atoms with Crippen molar-refractivity contribution in [2.45, 2.75) is 102 Å². The molecule has 0 saturated carbocycles. The number of carboxylic acids is 1. The first kappa shape index (κ1) is 43.9. The zero-order valence-electron chi connectivity index (χ0n) is 30.5. The third-order valence-electron chi connectivity index (χ3n) is 7.02. The molecule has 2 aromatic carbocycles. The van der Waals surface area contributed by atoms with Crippen LogP contribution in [0.15, 0.2) is 53.4 Å². The summed E-state index contributed by atoms with van der Waals surface area (Å²) in [6, 6.07) is 10.4. The first-order valence-corrected chi connectivity index (χ1v) is 18.5. The van der Waals surface area contributed by atoms with E-state index in [-0.39, 0.29) is 17.9 Å². The van der Waals surface area contributed by atoms with Crippen LogP contribution in [0.4, 0.5) is 4.79 Å². The lowest BCUT2D eigenvalue weighted by Gasteiger charge is -2.30. The number of sulfonamides is 1. The molecule has 0 spiro atoms. The largest absolute Gasteiger partial charge is 0.480 e. The van der Waals surface area contributed by atoms with Gasteiger partial charge in [0.15, 0.2) is 0 Å². The van der Waals surface area contributed by atoms with Gasteiger partial charge in [0.2, 0.25) is 27.7 Å². The Morgan fingerprint density at radius 2 is 1.35 bits per heavy atom. The zero-order valence-corrected chi connectivity index (χ0v) is 32.1. The third-order valence-corrected chi connectivity index (χ3v) is 8.69. The molecule has 15 nitrogen and oxygen atoms in total. The molecular formula is C35H50ClN5O10S. The van der Waals surface area contributed by atoms with Gasteiger partial charge in [-0.05, 0) is 103 Å². The van der Waals surface area contributed by atoms with Gasteiger partial charge in [-0.1, -0.05) is 35.9 Å².